The third-order valence-electron chi connectivity index (χ3n) is 3.16. The molecule has 2 unspecified atom stereocenters. The number of hydrogen-bond donors (Lipinski definition) is 3. The highest BCUT2D eigenvalue weighted by Gasteiger charge is 2.27. The van der Waals surface area contributed by atoms with Crippen molar-refractivity contribution in [3.8, 4) is 0 Å². The summed E-state index contributed by atoms with van der Waals surface area (Å²) in [6, 6.07) is -2.08. The number of unbranched alkanes of at least 4 members (excludes halogenated alkanes) is 1. The summed E-state index contributed by atoms with van der Waals surface area (Å²) < 4.78 is 5.18. The van der Waals surface area contributed by atoms with Crippen molar-refractivity contribution in [2.45, 2.75) is 78.5 Å². The van der Waals surface area contributed by atoms with Gasteiger partial charge in [0.15, 0.2) is 0 Å². The number of aliphatic imine (C=N–C) groups is 1. The third kappa shape index (κ3) is 10.5. The van der Waals surface area contributed by atoms with Gasteiger partial charge in [0.05, 0.1) is 0 Å². The summed E-state index contributed by atoms with van der Waals surface area (Å²) in [6.07, 6.45) is 4.59. The number of amides is 2. The summed E-state index contributed by atoms with van der Waals surface area (Å²) in [4.78, 5) is 39.7. The second-order valence-electron chi connectivity index (χ2n) is 6.85. The first-order chi connectivity index (χ1) is 12.0. The van der Waals surface area contributed by atoms with E-state index >= 15 is 0 Å². The van der Waals surface area contributed by atoms with Crippen LogP contribution in [0, 0.1) is 0 Å². The Morgan fingerprint density at radius 2 is 1.85 bits per heavy atom. The second kappa shape index (κ2) is 11.3. The quantitative estimate of drug-likeness (QED) is 0.540. The topological polar surface area (TPSA) is 117 Å². The fraction of sp³-hybridized carbons (Fsp3) is 0.667. The van der Waals surface area contributed by atoms with Crippen LogP contribution >= 0.6 is 0 Å². The molecule has 0 spiro atoms. The molecule has 0 radical (unpaired) electrons. The SMILES string of the molecule is C/C=C(/CC(NC(=O)OC(C)(C)C)C(=O)NC(C)C(=O)O)N=CCCC. The number of rotatable bonds is 9. The minimum atomic E-state index is -1.17. The molecule has 8 nitrogen and oxygen atoms in total. The molecule has 0 saturated carbocycles. The predicted molar refractivity (Wildman–Crippen MR) is 100 cm³/mol. The molecule has 0 saturated heterocycles. The van der Waals surface area contributed by atoms with Crippen molar-refractivity contribution in [2.24, 2.45) is 4.99 Å². The van der Waals surface area contributed by atoms with Crippen LogP contribution in [0.2, 0.25) is 0 Å². The van der Waals surface area contributed by atoms with E-state index in [1.54, 1.807) is 40.0 Å². The van der Waals surface area contributed by atoms with Crippen LogP contribution in [0.15, 0.2) is 16.8 Å². The Hall–Kier alpha value is -2.38. The van der Waals surface area contributed by atoms with Gasteiger partial charge in [-0.15, -0.1) is 0 Å². The molecule has 3 N–H and O–H groups in total. The number of allylic oxidation sites excluding steroid dienone is 1. The van der Waals surface area contributed by atoms with Crippen molar-refractivity contribution >= 4 is 24.2 Å². The second-order valence-corrected chi connectivity index (χ2v) is 6.85. The number of carbonyl (C=O) groups is 3. The number of ether oxygens (including phenoxy) is 1. The molecule has 2 amide bonds. The summed E-state index contributed by atoms with van der Waals surface area (Å²) in [7, 11) is 0. The molecule has 0 aromatic carbocycles. The van der Waals surface area contributed by atoms with Gasteiger partial charge in [-0.3, -0.25) is 14.6 Å². The van der Waals surface area contributed by atoms with E-state index in [0.29, 0.717) is 5.70 Å². The minimum Gasteiger partial charge on any atom is -0.480 e. The summed E-state index contributed by atoms with van der Waals surface area (Å²) in [6.45, 7) is 10.3. The average Bonchev–Trinajstić information content (AvgIpc) is 2.50. The number of nitrogens with zero attached hydrogens (tertiary/aromatic N) is 1. The Labute approximate surface area is 155 Å². The maximum absolute atomic E-state index is 12.4. The van der Waals surface area contributed by atoms with Crippen LogP contribution in [0.5, 0.6) is 0 Å². The number of carboxylic acid groups (broad SMARTS) is 1. The van der Waals surface area contributed by atoms with Crippen LogP contribution in [0.1, 0.15) is 60.8 Å². The van der Waals surface area contributed by atoms with E-state index in [-0.39, 0.29) is 6.42 Å². The van der Waals surface area contributed by atoms with Gasteiger partial charge in [-0.2, -0.15) is 0 Å². The van der Waals surface area contributed by atoms with Crippen molar-refractivity contribution < 1.29 is 24.2 Å². The molecule has 0 heterocycles. The standard InChI is InChI=1S/C18H31N3O5/c1-7-9-10-19-13(8-2)11-14(15(22)20-12(3)16(23)24)21-17(25)26-18(4,5)6/h8,10,12,14H,7,9,11H2,1-6H3,(H,20,22)(H,21,25)(H,23,24)/b13-8-,19-10?. The van der Waals surface area contributed by atoms with Crippen molar-refractivity contribution in [3.05, 3.63) is 11.8 Å². The lowest BCUT2D eigenvalue weighted by Gasteiger charge is -2.24. The molecule has 0 aliphatic rings. The largest absolute Gasteiger partial charge is 0.480 e. The molecule has 0 rings (SSSR count). The lowest BCUT2D eigenvalue weighted by molar-refractivity contribution is -0.141. The molecule has 148 valence electrons. The first-order valence-corrected chi connectivity index (χ1v) is 8.70. The van der Waals surface area contributed by atoms with Gasteiger partial charge >= 0.3 is 12.1 Å². The lowest BCUT2D eigenvalue weighted by atomic mass is 10.1. The van der Waals surface area contributed by atoms with Crippen LogP contribution in [0.3, 0.4) is 0 Å². The van der Waals surface area contributed by atoms with Crippen LogP contribution < -0.4 is 10.6 Å². The van der Waals surface area contributed by atoms with Crippen molar-refractivity contribution in [2.75, 3.05) is 0 Å². The smallest absolute Gasteiger partial charge is 0.408 e. The zero-order chi connectivity index (χ0) is 20.3. The molecule has 8 heteroatoms. The first kappa shape index (κ1) is 23.6. The normalized spacial score (nSPS) is 14.6. The van der Waals surface area contributed by atoms with E-state index in [0.717, 1.165) is 12.8 Å². The fourth-order valence-corrected chi connectivity index (χ4v) is 1.80. The fourth-order valence-electron chi connectivity index (χ4n) is 1.80. The van der Waals surface area contributed by atoms with E-state index in [1.165, 1.54) is 6.92 Å². The van der Waals surface area contributed by atoms with E-state index in [4.69, 9.17) is 9.84 Å². The number of nitrogens with one attached hydrogen (secondary N) is 2. The van der Waals surface area contributed by atoms with Crippen LogP contribution in [-0.4, -0.2) is 47.0 Å². The van der Waals surface area contributed by atoms with E-state index in [1.807, 2.05) is 6.92 Å². The number of carboxylic acids is 1. The molecular formula is C18H31N3O5. The van der Waals surface area contributed by atoms with Crippen LogP contribution in [0.25, 0.3) is 0 Å². The van der Waals surface area contributed by atoms with Crippen molar-refractivity contribution in [3.63, 3.8) is 0 Å². The van der Waals surface area contributed by atoms with Gasteiger partial charge in [-0.25, -0.2) is 4.79 Å². The van der Waals surface area contributed by atoms with Gasteiger partial charge < -0.3 is 20.5 Å². The number of hydrogen-bond acceptors (Lipinski definition) is 5. The van der Waals surface area contributed by atoms with Gasteiger partial charge in [0.2, 0.25) is 5.91 Å². The zero-order valence-electron chi connectivity index (χ0n) is 16.5. The molecule has 0 bridgehead atoms. The van der Waals surface area contributed by atoms with Crippen molar-refractivity contribution in [1.29, 1.82) is 0 Å². The maximum atomic E-state index is 12.4. The molecule has 0 aromatic heterocycles. The van der Waals surface area contributed by atoms with Crippen LogP contribution in [-0.2, 0) is 14.3 Å². The molecule has 26 heavy (non-hydrogen) atoms. The van der Waals surface area contributed by atoms with Gasteiger partial charge in [0.1, 0.15) is 17.7 Å². The van der Waals surface area contributed by atoms with E-state index in [9.17, 15) is 14.4 Å². The van der Waals surface area contributed by atoms with E-state index in [2.05, 4.69) is 15.6 Å². The van der Waals surface area contributed by atoms with Crippen molar-refractivity contribution in [1.82, 2.24) is 10.6 Å². The Kier molecular flexibility index (Phi) is 10.2. The third-order valence-corrected chi connectivity index (χ3v) is 3.16. The number of carbonyl (C=O) groups excluding carboxylic acids is 2. The minimum absolute atomic E-state index is 0.119. The first-order valence-electron chi connectivity index (χ1n) is 8.70. The summed E-state index contributed by atoms with van der Waals surface area (Å²) >= 11 is 0. The predicted octanol–water partition coefficient (Wildman–Crippen LogP) is 2.63. The molecule has 0 aliphatic carbocycles. The maximum Gasteiger partial charge on any atom is 0.408 e. The number of alkyl carbamates (subject to hydrolysis) is 1. The highest BCUT2D eigenvalue weighted by Crippen LogP contribution is 2.11. The van der Waals surface area contributed by atoms with E-state index < -0.39 is 35.7 Å². The Balaban J connectivity index is 5.22. The van der Waals surface area contributed by atoms with Gasteiger partial charge in [0, 0.05) is 18.3 Å². The van der Waals surface area contributed by atoms with Gasteiger partial charge in [-0.1, -0.05) is 19.4 Å². The Morgan fingerprint density at radius 1 is 1.23 bits per heavy atom. The Morgan fingerprint density at radius 3 is 2.31 bits per heavy atom. The number of aliphatic carboxylic acids is 1. The lowest BCUT2D eigenvalue weighted by Crippen LogP contribution is -2.51. The highest BCUT2D eigenvalue weighted by atomic mass is 16.6. The Bertz CT molecular complexity index is 550. The molecular weight excluding hydrogens is 338 g/mol. The van der Waals surface area contributed by atoms with Gasteiger partial charge in [0.25, 0.3) is 0 Å². The summed E-state index contributed by atoms with van der Waals surface area (Å²) in [5.41, 5.74) is -0.111. The zero-order valence-corrected chi connectivity index (χ0v) is 16.5. The molecule has 0 aromatic rings. The summed E-state index contributed by atoms with van der Waals surface area (Å²) in [5.74, 6) is -1.78. The summed E-state index contributed by atoms with van der Waals surface area (Å²) in [5, 5.41) is 13.8. The monoisotopic (exact) mass is 369 g/mol. The van der Waals surface area contributed by atoms with Gasteiger partial charge in [-0.05, 0) is 41.0 Å². The average molecular weight is 369 g/mol. The van der Waals surface area contributed by atoms with Crippen LogP contribution in [0.4, 0.5) is 4.79 Å². The molecule has 0 aliphatic heterocycles. The highest BCUT2D eigenvalue weighted by molar-refractivity contribution is 5.89. The molecule has 0 fully saturated rings. The molecule has 2 atom stereocenters.